The van der Waals surface area contributed by atoms with Crippen molar-refractivity contribution in [1.82, 2.24) is 10.7 Å². The molecule has 0 unspecified atom stereocenters. The van der Waals surface area contributed by atoms with Crippen molar-refractivity contribution in [3.8, 4) is 5.75 Å². The molecular formula is C27H39F3N2O8S. The van der Waals surface area contributed by atoms with Crippen molar-refractivity contribution in [3.05, 3.63) is 54.1 Å². The zero-order valence-electron chi connectivity index (χ0n) is 22.5. The van der Waals surface area contributed by atoms with Crippen LogP contribution >= 0.6 is 11.8 Å². The Hall–Kier alpha value is -2.17. The van der Waals surface area contributed by atoms with Crippen LogP contribution in [0.5, 0.6) is 5.75 Å². The topological polar surface area (TPSA) is 152 Å². The first kappa shape index (κ1) is 35.0. The number of carbonyl (C=O) groups is 1. The minimum atomic E-state index is -4.50. The minimum absolute atomic E-state index is 0.0233. The Labute approximate surface area is 241 Å². The van der Waals surface area contributed by atoms with Gasteiger partial charge >= 0.3 is 6.18 Å². The number of ether oxygens (including phenoxy) is 1. The van der Waals surface area contributed by atoms with Gasteiger partial charge < -0.3 is 25.4 Å². The second-order valence-corrected chi connectivity index (χ2v) is 10.8. The average molecular weight is 609 g/mol. The monoisotopic (exact) mass is 608 g/mol. The summed E-state index contributed by atoms with van der Waals surface area (Å²) in [5, 5.41) is 50.3. The van der Waals surface area contributed by atoms with E-state index in [1.807, 2.05) is 12.2 Å². The Morgan fingerprint density at radius 3 is 2.71 bits per heavy atom. The first-order valence-electron chi connectivity index (χ1n) is 13.3. The fourth-order valence-corrected chi connectivity index (χ4v) is 4.99. The van der Waals surface area contributed by atoms with E-state index >= 15 is 0 Å². The molecular weight excluding hydrogens is 569 g/mol. The molecule has 0 aromatic heterocycles. The molecule has 1 aliphatic carbocycles. The van der Waals surface area contributed by atoms with Crippen LogP contribution in [-0.4, -0.2) is 86.6 Å². The highest BCUT2D eigenvalue weighted by Gasteiger charge is 2.39. The van der Waals surface area contributed by atoms with Gasteiger partial charge in [-0.05, 0) is 43.4 Å². The third-order valence-electron chi connectivity index (χ3n) is 6.41. The lowest BCUT2D eigenvalue weighted by atomic mass is 9.89. The lowest BCUT2D eigenvalue weighted by molar-refractivity contribution is -0.490. The first-order valence-corrected chi connectivity index (χ1v) is 14.5. The summed E-state index contributed by atoms with van der Waals surface area (Å²) in [4.78, 5) is 16.3. The lowest BCUT2D eigenvalue weighted by Gasteiger charge is -2.19. The Kier molecular flexibility index (Phi) is 15.7. The largest absolute Gasteiger partial charge is 0.491 e. The molecule has 0 aliphatic heterocycles. The Morgan fingerprint density at radius 1 is 1.20 bits per heavy atom. The molecule has 1 aliphatic rings. The quantitative estimate of drug-likeness (QED) is 0.0832. The summed E-state index contributed by atoms with van der Waals surface area (Å²) in [6.45, 7) is 0.350. The van der Waals surface area contributed by atoms with Crippen molar-refractivity contribution in [3.63, 3.8) is 0 Å². The molecule has 10 nitrogen and oxygen atoms in total. The highest BCUT2D eigenvalue weighted by Crippen LogP contribution is 2.36. The molecule has 0 spiro atoms. The molecule has 6 N–H and O–H groups in total. The van der Waals surface area contributed by atoms with E-state index in [0.717, 1.165) is 12.1 Å². The summed E-state index contributed by atoms with van der Waals surface area (Å²) < 4.78 is 43.8. The average Bonchev–Trinajstić information content (AvgIpc) is 3.18. The first-order chi connectivity index (χ1) is 19.5. The Balaban J connectivity index is 1.68. The van der Waals surface area contributed by atoms with Crippen LogP contribution in [-0.2, 0) is 15.8 Å². The summed E-state index contributed by atoms with van der Waals surface area (Å²) in [5.41, 5.74) is -0.850. The molecule has 1 aromatic carbocycles. The van der Waals surface area contributed by atoms with Crippen molar-refractivity contribution in [2.75, 3.05) is 31.3 Å². The molecule has 0 bridgehead atoms. The van der Waals surface area contributed by atoms with Crippen molar-refractivity contribution in [2.45, 2.75) is 56.6 Å². The van der Waals surface area contributed by atoms with Gasteiger partial charge in [-0.3, -0.25) is 15.2 Å². The van der Waals surface area contributed by atoms with E-state index in [9.17, 15) is 33.3 Å². The number of hydrogen-bond acceptors (Lipinski definition) is 10. The predicted octanol–water partition coefficient (Wildman–Crippen LogP) is 3.34. The molecule has 0 radical (unpaired) electrons. The van der Waals surface area contributed by atoms with Crippen LogP contribution in [0, 0.1) is 11.8 Å². The number of amides is 1. The van der Waals surface area contributed by atoms with E-state index in [0.29, 0.717) is 43.7 Å². The lowest BCUT2D eigenvalue weighted by Crippen LogP contribution is -2.25. The molecule has 0 heterocycles. The van der Waals surface area contributed by atoms with Crippen LogP contribution in [0.3, 0.4) is 0 Å². The SMILES string of the molecule is O=C(CCC/C=C\C[C@@H]1[C@@H](/C=C/[C@@H](O)COc2cccc(C(F)(F)F)c2)[C@H](O)C[C@@H]1O)NCCSCCON(O)O. The number of nitrogens with one attached hydrogen (secondary N) is 1. The molecule has 2 rings (SSSR count). The molecule has 1 amide bonds. The van der Waals surface area contributed by atoms with Gasteiger partial charge in [0.2, 0.25) is 5.91 Å². The second kappa shape index (κ2) is 18.4. The van der Waals surface area contributed by atoms with E-state index in [4.69, 9.17) is 15.2 Å². The standard InChI is InChI=1S/C27H39F3N2O8S/c28-27(29,30)19-6-5-7-21(16-19)39-18-20(33)10-11-23-22(24(34)17-25(23)35)8-3-1-2-4-9-26(36)31-12-14-41-15-13-40-32(37)38/h1,3,5-7,10-11,16,20,22-25,33-35,37-38H,2,4,8-9,12-15,17-18H2,(H,31,36)/b3-1-,11-10+/t20-,22-,23-,24+,25-/m1/s1. The maximum atomic E-state index is 12.8. The number of allylic oxidation sites excluding steroid dienone is 2. The van der Waals surface area contributed by atoms with E-state index in [2.05, 4.69) is 10.2 Å². The molecule has 1 fully saturated rings. The number of alkyl halides is 3. The number of aliphatic hydroxyl groups excluding tert-OH is 3. The molecule has 41 heavy (non-hydrogen) atoms. The van der Waals surface area contributed by atoms with Gasteiger partial charge in [0.05, 0.1) is 29.8 Å². The number of nitrogens with zero attached hydrogens (tertiary/aromatic N) is 1. The zero-order valence-corrected chi connectivity index (χ0v) is 23.3. The second-order valence-electron chi connectivity index (χ2n) is 9.55. The van der Waals surface area contributed by atoms with Crippen molar-refractivity contribution >= 4 is 17.7 Å². The molecule has 232 valence electrons. The number of thioether (sulfide) groups is 1. The van der Waals surface area contributed by atoms with E-state index < -0.39 is 36.0 Å². The van der Waals surface area contributed by atoms with Crippen LogP contribution in [0.2, 0.25) is 0 Å². The van der Waals surface area contributed by atoms with E-state index in [1.54, 1.807) is 6.08 Å². The number of rotatable bonds is 18. The zero-order chi connectivity index (χ0) is 30.3. The van der Waals surface area contributed by atoms with Gasteiger partial charge in [-0.2, -0.15) is 24.9 Å². The van der Waals surface area contributed by atoms with Crippen LogP contribution in [0.25, 0.3) is 0 Å². The number of carbonyl (C=O) groups excluding carboxylic acids is 1. The van der Waals surface area contributed by atoms with Gasteiger partial charge in [0, 0.05) is 36.8 Å². The summed E-state index contributed by atoms with van der Waals surface area (Å²) >= 11 is 1.49. The van der Waals surface area contributed by atoms with Crippen molar-refractivity contribution in [2.24, 2.45) is 11.8 Å². The smallest absolute Gasteiger partial charge is 0.416 e. The van der Waals surface area contributed by atoms with Gasteiger partial charge in [0.1, 0.15) is 18.5 Å². The fourth-order valence-electron chi connectivity index (χ4n) is 4.34. The molecule has 0 saturated heterocycles. The van der Waals surface area contributed by atoms with Crippen LogP contribution in [0.15, 0.2) is 48.6 Å². The van der Waals surface area contributed by atoms with Gasteiger partial charge in [0.25, 0.3) is 0 Å². The minimum Gasteiger partial charge on any atom is -0.491 e. The maximum Gasteiger partial charge on any atom is 0.416 e. The van der Waals surface area contributed by atoms with Crippen LogP contribution in [0.4, 0.5) is 13.2 Å². The fraction of sp³-hybridized carbons (Fsp3) is 0.593. The molecule has 1 aromatic rings. The summed E-state index contributed by atoms with van der Waals surface area (Å²) in [6, 6.07) is 4.37. The number of aliphatic hydroxyl groups is 3. The van der Waals surface area contributed by atoms with Crippen molar-refractivity contribution < 1.29 is 53.3 Å². The van der Waals surface area contributed by atoms with Gasteiger partial charge in [-0.25, -0.2) is 4.84 Å². The van der Waals surface area contributed by atoms with Crippen molar-refractivity contribution in [1.29, 1.82) is 0 Å². The summed E-state index contributed by atoms with van der Waals surface area (Å²) in [5.74, 6) is 0.418. The van der Waals surface area contributed by atoms with Crippen LogP contribution in [0.1, 0.15) is 37.7 Å². The van der Waals surface area contributed by atoms with Gasteiger partial charge in [-0.1, -0.05) is 30.4 Å². The van der Waals surface area contributed by atoms with Gasteiger partial charge in [-0.15, -0.1) is 0 Å². The van der Waals surface area contributed by atoms with Crippen LogP contribution < -0.4 is 10.1 Å². The number of benzene rings is 1. The highest BCUT2D eigenvalue weighted by atomic mass is 32.2. The number of halogens is 3. The summed E-state index contributed by atoms with van der Waals surface area (Å²) in [6.07, 6.45) is 2.04. The molecule has 5 atom stereocenters. The normalized spacial score (nSPS) is 22.2. The van der Waals surface area contributed by atoms with Gasteiger partial charge in [0.15, 0.2) is 0 Å². The van der Waals surface area contributed by atoms with E-state index in [-0.39, 0.29) is 42.6 Å². The predicted molar refractivity (Wildman–Crippen MR) is 145 cm³/mol. The third-order valence-corrected chi connectivity index (χ3v) is 7.35. The number of unbranched alkanes of at least 4 members (excludes halogenated alkanes) is 1. The molecule has 14 heteroatoms. The van der Waals surface area contributed by atoms with E-state index in [1.165, 1.54) is 30.0 Å². The summed E-state index contributed by atoms with van der Waals surface area (Å²) in [7, 11) is 0. The Bertz CT molecular complexity index is 967. The molecule has 1 saturated carbocycles. The maximum absolute atomic E-state index is 12.8. The highest BCUT2D eigenvalue weighted by molar-refractivity contribution is 7.99. The number of hydrogen-bond donors (Lipinski definition) is 6. The third kappa shape index (κ3) is 14.0. The Morgan fingerprint density at radius 2 is 1.98 bits per heavy atom.